The van der Waals surface area contributed by atoms with Crippen LogP contribution in [0.5, 0.6) is 0 Å². The fourth-order valence-corrected chi connectivity index (χ4v) is 0.818. The smallest absolute Gasteiger partial charge is 0.0959 e. The van der Waals surface area contributed by atoms with Gasteiger partial charge in [0.15, 0.2) is 0 Å². The van der Waals surface area contributed by atoms with Crippen LogP contribution in [0.4, 0.5) is 0 Å². The first kappa shape index (κ1) is 5.60. The number of hydrogen-bond acceptors (Lipinski definition) is 2. The highest BCUT2D eigenvalue weighted by atomic mass is 15.2. The van der Waals surface area contributed by atoms with E-state index in [1.807, 2.05) is 6.92 Å². The molecule has 44 valence electrons. The zero-order valence-corrected chi connectivity index (χ0v) is 5.09. The molecule has 1 aliphatic rings. The molecule has 0 atom stereocenters. The van der Waals surface area contributed by atoms with Gasteiger partial charge in [-0.25, -0.2) is 0 Å². The Bertz CT molecular complexity index is 107. The third kappa shape index (κ3) is 0.831. The second-order valence-corrected chi connectivity index (χ2v) is 1.87. The minimum Gasteiger partial charge on any atom is -0.358 e. The van der Waals surface area contributed by atoms with Gasteiger partial charge in [-0.15, -0.1) is 0 Å². The lowest BCUT2D eigenvalue weighted by atomic mass is 10.5. The summed E-state index contributed by atoms with van der Waals surface area (Å²) in [5.41, 5.74) is 0. The first-order valence-corrected chi connectivity index (χ1v) is 2.80. The van der Waals surface area contributed by atoms with Crippen LogP contribution in [-0.2, 0) is 0 Å². The van der Waals surface area contributed by atoms with E-state index >= 15 is 0 Å². The molecule has 0 amide bonds. The molecule has 0 aromatic rings. The molecule has 0 spiro atoms. The summed E-state index contributed by atoms with van der Waals surface area (Å²) in [5.74, 6) is 1.08. The van der Waals surface area contributed by atoms with Gasteiger partial charge in [0.1, 0.15) is 0 Å². The van der Waals surface area contributed by atoms with E-state index in [1.165, 1.54) is 0 Å². The van der Waals surface area contributed by atoms with Gasteiger partial charge >= 0.3 is 0 Å². The highest BCUT2D eigenvalue weighted by Gasteiger charge is 2.07. The quantitative estimate of drug-likeness (QED) is 0.478. The predicted molar refractivity (Wildman–Crippen MR) is 33.8 cm³/mol. The van der Waals surface area contributed by atoms with Crippen LogP contribution < -0.4 is 0 Å². The molecule has 0 aromatic heterocycles. The Hall–Kier alpha value is -0.530. The lowest BCUT2D eigenvalue weighted by Gasteiger charge is -2.13. The first-order chi connectivity index (χ1) is 3.84. The van der Waals surface area contributed by atoms with Crippen molar-refractivity contribution in [1.82, 2.24) is 4.90 Å². The van der Waals surface area contributed by atoms with Crippen molar-refractivity contribution in [3.8, 4) is 0 Å². The zero-order chi connectivity index (χ0) is 5.98. The molecule has 0 bridgehead atoms. The van der Waals surface area contributed by atoms with Crippen LogP contribution >= 0.6 is 0 Å². The van der Waals surface area contributed by atoms with Crippen molar-refractivity contribution < 1.29 is 0 Å². The highest BCUT2D eigenvalue weighted by molar-refractivity contribution is 5.81. The third-order valence-electron chi connectivity index (χ3n) is 1.39. The van der Waals surface area contributed by atoms with Crippen molar-refractivity contribution in [1.29, 1.82) is 0 Å². The minimum atomic E-state index is 0.606. The van der Waals surface area contributed by atoms with E-state index in [0.717, 1.165) is 18.9 Å². The third-order valence-corrected chi connectivity index (χ3v) is 1.39. The summed E-state index contributed by atoms with van der Waals surface area (Å²) in [4.78, 5) is 6.21. The van der Waals surface area contributed by atoms with E-state index in [2.05, 4.69) is 9.89 Å². The topological polar surface area (TPSA) is 15.6 Å². The van der Waals surface area contributed by atoms with Gasteiger partial charge in [-0.05, 0) is 13.8 Å². The van der Waals surface area contributed by atoms with Crippen LogP contribution in [0.2, 0.25) is 0 Å². The maximum atomic E-state index is 5.37. The van der Waals surface area contributed by atoms with Crippen LogP contribution in [-0.4, -0.2) is 30.4 Å². The zero-order valence-electron chi connectivity index (χ0n) is 5.09. The van der Waals surface area contributed by atoms with Crippen LogP contribution in [0.1, 0.15) is 6.92 Å². The number of aliphatic imine (C=N–C) groups is 1. The number of amidine groups is 1. The van der Waals surface area contributed by atoms with Crippen molar-refractivity contribution in [2.24, 2.45) is 4.99 Å². The second kappa shape index (κ2) is 2.16. The molecule has 0 N–H and O–H groups in total. The van der Waals surface area contributed by atoms with Crippen molar-refractivity contribution in [3.05, 3.63) is 6.92 Å². The molecule has 2 nitrogen and oxygen atoms in total. The van der Waals surface area contributed by atoms with E-state index in [9.17, 15) is 0 Å². The molecule has 0 unspecified atom stereocenters. The monoisotopic (exact) mass is 110 g/mol. The minimum absolute atomic E-state index is 0.606. The normalized spacial score (nSPS) is 19.2. The van der Waals surface area contributed by atoms with Gasteiger partial charge in [0.05, 0.1) is 12.4 Å². The molecule has 0 fully saturated rings. The van der Waals surface area contributed by atoms with Gasteiger partial charge in [0.2, 0.25) is 0 Å². The Morgan fingerprint density at radius 3 is 2.88 bits per heavy atom. The molecule has 1 rings (SSSR count). The summed E-state index contributed by atoms with van der Waals surface area (Å²) >= 11 is 0. The molecule has 1 aliphatic heterocycles. The summed E-state index contributed by atoms with van der Waals surface area (Å²) < 4.78 is 0. The Kier molecular flexibility index (Phi) is 1.51. The van der Waals surface area contributed by atoms with Gasteiger partial charge in [0.25, 0.3) is 0 Å². The van der Waals surface area contributed by atoms with E-state index < -0.39 is 0 Å². The van der Waals surface area contributed by atoms with Crippen molar-refractivity contribution in [2.75, 3.05) is 19.6 Å². The van der Waals surface area contributed by atoms with E-state index in [0.29, 0.717) is 6.54 Å². The lowest BCUT2D eigenvalue weighted by Crippen LogP contribution is -2.24. The van der Waals surface area contributed by atoms with Crippen molar-refractivity contribution in [3.63, 3.8) is 0 Å². The predicted octanol–water partition coefficient (Wildman–Crippen LogP) is 0.431. The molecule has 1 heterocycles. The summed E-state index contributed by atoms with van der Waals surface area (Å²) in [6.07, 6.45) is 0. The first-order valence-electron chi connectivity index (χ1n) is 2.80. The van der Waals surface area contributed by atoms with Gasteiger partial charge in [0, 0.05) is 13.1 Å². The van der Waals surface area contributed by atoms with E-state index in [4.69, 9.17) is 6.92 Å². The lowest BCUT2D eigenvalue weighted by molar-refractivity contribution is 0.503. The van der Waals surface area contributed by atoms with Crippen LogP contribution in [0.25, 0.3) is 0 Å². The molecule has 0 saturated carbocycles. The molecule has 8 heavy (non-hydrogen) atoms. The molecule has 2 heteroatoms. The summed E-state index contributed by atoms with van der Waals surface area (Å²) in [5, 5.41) is 0. The number of nitrogens with zero attached hydrogens (tertiary/aromatic N) is 2. The van der Waals surface area contributed by atoms with Crippen LogP contribution in [0.3, 0.4) is 0 Å². The average Bonchev–Trinajstić information content (AvgIpc) is 2.14. The van der Waals surface area contributed by atoms with Crippen molar-refractivity contribution in [2.45, 2.75) is 6.92 Å². The van der Waals surface area contributed by atoms with E-state index in [1.54, 1.807) is 0 Å². The molecule has 2 radical (unpaired) electrons. The molecule has 0 saturated heterocycles. The largest absolute Gasteiger partial charge is 0.358 e. The van der Waals surface area contributed by atoms with Gasteiger partial charge < -0.3 is 4.90 Å². The van der Waals surface area contributed by atoms with Gasteiger partial charge in [-0.3, -0.25) is 4.99 Å². The average molecular weight is 110 g/mol. The summed E-state index contributed by atoms with van der Waals surface area (Å²) in [6, 6.07) is 0. The SMILES string of the molecule is [CH]CN1CCN=C1C. The standard InChI is InChI=1S/C6H10N2/c1-3-8-5-4-7-6(8)2/h1H,3-5H2,2H3. The number of hydrogen-bond donors (Lipinski definition) is 0. The highest BCUT2D eigenvalue weighted by Crippen LogP contribution is 1.98. The van der Waals surface area contributed by atoms with Gasteiger partial charge in [-0.1, -0.05) is 0 Å². The van der Waals surface area contributed by atoms with Crippen molar-refractivity contribution >= 4 is 5.84 Å². The Balaban J connectivity index is 2.46. The number of rotatable bonds is 1. The summed E-state index contributed by atoms with van der Waals surface area (Å²) in [7, 11) is 0. The Morgan fingerprint density at radius 2 is 2.62 bits per heavy atom. The molecule has 0 aromatic carbocycles. The fraction of sp³-hybridized carbons (Fsp3) is 0.667. The summed E-state index contributed by atoms with van der Waals surface area (Å²) in [6.45, 7) is 9.88. The maximum Gasteiger partial charge on any atom is 0.0959 e. The molecular weight excluding hydrogens is 100 g/mol. The fourth-order valence-electron chi connectivity index (χ4n) is 0.818. The molecular formula is C6H10N2. The Morgan fingerprint density at radius 1 is 1.88 bits per heavy atom. The van der Waals surface area contributed by atoms with Crippen LogP contribution in [0.15, 0.2) is 4.99 Å². The van der Waals surface area contributed by atoms with Gasteiger partial charge in [-0.2, -0.15) is 0 Å². The van der Waals surface area contributed by atoms with E-state index in [-0.39, 0.29) is 0 Å². The second-order valence-electron chi connectivity index (χ2n) is 1.87. The molecule has 0 aliphatic carbocycles. The van der Waals surface area contributed by atoms with Crippen LogP contribution in [0, 0.1) is 6.92 Å². The maximum absolute atomic E-state index is 5.37. The Labute approximate surface area is 50.2 Å².